The van der Waals surface area contributed by atoms with Crippen molar-refractivity contribution in [3.05, 3.63) is 64.5 Å². The lowest BCUT2D eigenvalue weighted by Crippen LogP contribution is -2.56. The standard InChI is InChI=1S/C32H36FN3O3/c1-19-16-35(17-20(2)34(19)3)31(37)24-13-23-14-25(33)10-12-26(23)30-29(21-7-5-4-6-8-21)27-11-9-22(32(38)39)15-28(27)36(30)18-24/h9-15,19-21H,4-8,16-18H2,1-3H3,(H,38,39)/t19-,20+. The highest BCUT2D eigenvalue weighted by Gasteiger charge is 2.34. The van der Waals surface area contributed by atoms with Crippen LogP contribution < -0.4 is 0 Å². The molecule has 0 unspecified atom stereocenters. The van der Waals surface area contributed by atoms with Crippen molar-refractivity contribution >= 4 is 28.9 Å². The molecule has 1 aromatic heterocycles. The Labute approximate surface area is 228 Å². The number of rotatable bonds is 3. The minimum Gasteiger partial charge on any atom is -0.478 e. The van der Waals surface area contributed by atoms with E-state index in [0.717, 1.165) is 47.8 Å². The molecule has 1 aliphatic carbocycles. The van der Waals surface area contributed by atoms with Crippen molar-refractivity contribution in [1.82, 2.24) is 14.4 Å². The first-order valence-corrected chi connectivity index (χ1v) is 14.1. The first-order valence-electron chi connectivity index (χ1n) is 14.1. The fraction of sp³-hybridized carbons (Fsp3) is 0.438. The molecule has 0 spiro atoms. The van der Waals surface area contributed by atoms with E-state index in [4.69, 9.17) is 0 Å². The van der Waals surface area contributed by atoms with Gasteiger partial charge < -0.3 is 14.6 Å². The van der Waals surface area contributed by atoms with Gasteiger partial charge in [0.15, 0.2) is 0 Å². The van der Waals surface area contributed by atoms with E-state index in [-0.39, 0.29) is 29.4 Å². The SMILES string of the molecule is C[C@@H]1CN(C(=O)C2=Cc3cc(F)ccc3-c3c(C4CCCCC4)c4ccc(C(=O)O)cc4n3C2)C[C@H](C)N1C. The highest BCUT2D eigenvalue weighted by Crippen LogP contribution is 2.46. The van der Waals surface area contributed by atoms with E-state index >= 15 is 0 Å². The van der Waals surface area contributed by atoms with Crippen LogP contribution in [0.25, 0.3) is 28.2 Å². The normalized spacial score (nSPS) is 22.3. The molecule has 0 bridgehead atoms. The molecule has 6 nitrogen and oxygen atoms in total. The Kier molecular flexibility index (Phi) is 6.58. The summed E-state index contributed by atoms with van der Waals surface area (Å²) in [6, 6.07) is 10.6. The molecule has 3 aromatic rings. The van der Waals surface area contributed by atoms with Crippen LogP contribution in [0, 0.1) is 5.82 Å². The molecule has 3 heterocycles. The summed E-state index contributed by atoms with van der Waals surface area (Å²) in [7, 11) is 2.09. The van der Waals surface area contributed by atoms with Crippen LogP contribution in [0.2, 0.25) is 0 Å². The Morgan fingerprint density at radius 2 is 1.69 bits per heavy atom. The lowest BCUT2D eigenvalue weighted by Gasteiger charge is -2.42. The van der Waals surface area contributed by atoms with Crippen LogP contribution in [0.15, 0.2) is 42.0 Å². The minimum absolute atomic E-state index is 0.0414. The largest absolute Gasteiger partial charge is 0.478 e. The molecule has 1 saturated carbocycles. The van der Waals surface area contributed by atoms with E-state index in [1.54, 1.807) is 12.1 Å². The Bertz CT molecular complexity index is 1490. The quantitative estimate of drug-likeness (QED) is 0.443. The summed E-state index contributed by atoms with van der Waals surface area (Å²) in [6.07, 6.45) is 7.53. The number of aromatic carboxylic acids is 1. The van der Waals surface area contributed by atoms with Gasteiger partial charge in [-0.1, -0.05) is 25.3 Å². The van der Waals surface area contributed by atoms with Crippen molar-refractivity contribution in [2.75, 3.05) is 20.1 Å². The minimum atomic E-state index is -0.977. The average Bonchev–Trinajstić information content (AvgIpc) is 3.14. The lowest BCUT2D eigenvalue weighted by molar-refractivity contribution is -0.131. The van der Waals surface area contributed by atoms with Crippen LogP contribution in [0.3, 0.4) is 0 Å². The zero-order chi connectivity index (χ0) is 27.4. The van der Waals surface area contributed by atoms with Crippen LogP contribution in [-0.4, -0.2) is 63.6 Å². The van der Waals surface area contributed by atoms with Gasteiger partial charge in [-0.15, -0.1) is 0 Å². The van der Waals surface area contributed by atoms with E-state index in [9.17, 15) is 19.1 Å². The number of likely N-dealkylation sites (N-methyl/N-ethyl adjacent to an activating group) is 1. The molecule has 2 aromatic carbocycles. The first kappa shape index (κ1) is 25.8. The van der Waals surface area contributed by atoms with Gasteiger partial charge in [-0.3, -0.25) is 9.69 Å². The summed E-state index contributed by atoms with van der Waals surface area (Å²) in [5.41, 5.74) is 5.43. The molecule has 7 heteroatoms. The second-order valence-corrected chi connectivity index (χ2v) is 11.7. The lowest BCUT2D eigenvalue weighted by atomic mass is 9.81. The number of carboxylic acids is 1. The van der Waals surface area contributed by atoms with Crippen molar-refractivity contribution in [3.8, 4) is 11.3 Å². The van der Waals surface area contributed by atoms with Gasteiger partial charge in [-0.2, -0.15) is 0 Å². The zero-order valence-corrected chi connectivity index (χ0v) is 22.9. The molecule has 204 valence electrons. The Morgan fingerprint density at radius 3 is 2.38 bits per heavy atom. The number of amides is 1. The van der Waals surface area contributed by atoms with E-state index in [1.165, 1.54) is 24.1 Å². The molecule has 1 saturated heterocycles. The molecular formula is C32H36FN3O3. The third kappa shape index (κ3) is 4.46. The van der Waals surface area contributed by atoms with Gasteiger partial charge in [0.1, 0.15) is 5.82 Å². The second-order valence-electron chi connectivity index (χ2n) is 11.7. The number of aromatic nitrogens is 1. The topological polar surface area (TPSA) is 65.8 Å². The number of carbonyl (C=O) groups is 2. The maximum Gasteiger partial charge on any atom is 0.335 e. The van der Waals surface area contributed by atoms with E-state index in [1.807, 2.05) is 23.1 Å². The smallest absolute Gasteiger partial charge is 0.335 e. The monoisotopic (exact) mass is 529 g/mol. The summed E-state index contributed by atoms with van der Waals surface area (Å²) in [6.45, 7) is 5.82. The fourth-order valence-corrected chi connectivity index (χ4v) is 6.94. The maximum atomic E-state index is 14.6. The van der Waals surface area contributed by atoms with Crippen LogP contribution in [0.1, 0.15) is 73.4 Å². The summed E-state index contributed by atoms with van der Waals surface area (Å²) in [4.78, 5) is 30.2. The van der Waals surface area contributed by atoms with Crippen LogP contribution in [-0.2, 0) is 11.3 Å². The molecule has 2 aliphatic heterocycles. The van der Waals surface area contributed by atoms with Gasteiger partial charge in [0.05, 0.1) is 17.8 Å². The van der Waals surface area contributed by atoms with Crippen molar-refractivity contribution in [2.24, 2.45) is 0 Å². The predicted octanol–water partition coefficient (Wildman–Crippen LogP) is 6.14. The number of piperazine rings is 1. The molecule has 1 N–H and O–H groups in total. The van der Waals surface area contributed by atoms with Crippen molar-refractivity contribution < 1.29 is 19.1 Å². The first-order chi connectivity index (χ1) is 18.7. The fourth-order valence-electron chi connectivity index (χ4n) is 6.94. The molecule has 1 amide bonds. The van der Waals surface area contributed by atoms with Gasteiger partial charge in [0, 0.05) is 47.2 Å². The van der Waals surface area contributed by atoms with Gasteiger partial charge in [0.2, 0.25) is 0 Å². The third-order valence-electron chi connectivity index (χ3n) is 9.21. The third-order valence-corrected chi connectivity index (χ3v) is 9.21. The summed E-state index contributed by atoms with van der Waals surface area (Å²) < 4.78 is 16.8. The van der Waals surface area contributed by atoms with Crippen LogP contribution in [0.5, 0.6) is 0 Å². The van der Waals surface area contributed by atoms with Gasteiger partial charge >= 0.3 is 5.97 Å². The van der Waals surface area contributed by atoms with E-state index < -0.39 is 5.97 Å². The van der Waals surface area contributed by atoms with Gasteiger partial charge in [-0.25, -0.2) is 9.18 Å². The molecular weight excluding hydrogens is 493 g/mol. The van der Waals surface area contributed by atoms with Crippen LogP contribution >= 0.6 is 0 Å². The van der Waals surface area contributed by atoms with E-state index in [0.29, 0.717) is 36.7 Å². The van der Waals surface area contributed by atoms with Crippen molar-refractivity contribution in [3.63, 3.8) is 0 Å². The number of carboxylic acid groups (broad SMARTS) is 1. The number of carbonyl (C=O) groups excluding carboxylic acids is 1. The molecule has 6 rings (SSSR count). The van der Waals surface area contributed by atoms with Gasteiger partial charge in [-0.05, 0) is 87.2 Å². The summed E-state index contributed by atoms with van der Waals surface area (Å²) in [5, 5.41) is 10.8. The highest BCUT2D eigenvalue weighted by atomic mass is 19.1. The Balaban J connectivity index is 1.56. The van der Waals surface area contributed by atoms with Crippen molar-refractivity contribution in [1.29, 1.82) is 0 Å². The summed E-state index contributed by atoms with van der Waals surface area (Å²) >= 11 is 0. The summed E-state index contributed by atoms with van der Waals surface area (Å²) in [5.74, 6) is -1.02. The zero-order valence-electron chi connectivity index (χ0n) is 22.9. The van der Waals surface area contributed by atoms with Gasteiger partial charge in [0.25, 0.3) is 5.91 Å². The number of hydrogen-bond donors (Lipinski definition) is 1. The Hall–Kier alpha value is -3.45. The molecule has 0 radical (unpaired) electrons. The average molecular weight is 530 g/mol. The van der Waals surface area contributed by atoms with Crippen molar-refractivity contribution in [2.45, 2.75) is 70.5 Å². The number of halogens is 1. The second kappa shape index (κ2) is 9.94. The Morgan fingerprint density at radius 1 is 0.974 bits per heavy atom. The number of fused-ring (bicyclic) bond motifs is 5. The molecule has 3 aliphatic rings. The number of nitrogens with zero attached hydrogens (tertiary/aromatic N) is 3. The number of benzene rings is 2. The molecule has 2 atom stereocenters. The highest BCUT2D eigenvalue weighted by molar-refractivity contribution is 6.03. The molecule has 2 fully saturated rings. The number of hydrogen-bond acceptors (Lipinski definition) is 3. The van der Waals surface area contributed by atoms with Crippen LogP contribution in [0.4, 0.5) is 4.39 Å². The molecule has 39 heavy (non-hydrogen) atoms. The van der Waals surface area contributed by atoms with E-state index in [2.05, 4.69) is 30.4 Å². The maximum absolute atomic E-state index is 14.6. The predicted molar refractivity (Wildman–Crippen MR) is 151 cm³/mol.